The Morgan fingerprint density at radius 2 is 1.68 bits per heavy atom. The Balaban J connectivity index is 2.29. The van der Waals surface area contributed by atoms with Gasteiger partial charge in [-0.15, -0.1) is 0 Å². The molecule has 0 bridgehead atoms. The SMILES string of the molecule is CCC1(CC)CC(CNC)(c2ccc(C)c(C)c2)C1. The Kier molecular flexibility index (Phi) is 4.06. The quantitative estimate of drug-likeness (QED) is 0.828. The minimum atomic E-state index is 0.374. The van der Waals surface area contributed by atoms with Crippen LogP contribution in [0.25, 0.3) is 0 Å². The summed E-state index contributed by atoms with van der Waals surface area (Å²) in [5.41, 5.74) is 5.34. The van der Waals surface area contributed by atoms with E-state index in [9.17, 15) is 0 Å². The first-order valence-electron chi connectivity index (χ1n) is 7.73. The highest BCUT2D eigenvalue weighted by atomic mass is 14.8. The van der Waals surface area contributed by atoms with Gasteiger partial charge in [-0.3, -0.25) is 0 Å². The topological polar surface area (TPSA) is 12.0 Å². The van der Waals surface area contributed by atoms with E-state index in [1.807, 2.05) is 0 Å². The van der Waals surface area contributed by atoms with Crippen LogP contribution in [0.5, 0.6) is 0 Å². The van der Waals surface area contributed by atoms with Crippen molar-refractivity contribution >= 4 is 0 Å². The average Bonchev–Trinajstić information content (AvgIpc) is 2.37. The zero-order chi connectivity index (χ0) is 14.1. The second kappa shape index (κ2) is 5.28. The lowest BCUT2D eigenvalue weighted by Crippen LogP contribution is -2.54. The van der Waals surface area contributed by atoms with E-state index in [2.05, 4.69) is 58.3 Å². The Morgan fingerprint density at radius 3 is 2.16 bits per heavy atom. The fourth-order valence-corrected chi connectivity index (χ4v) is 3.97. The predicted molar refractivity (Wildman–Crippen MR) is 83.8 cm³/mol. The second-order valence-corrected chi connectivity index (χ2v) is 6.67. The molecular weight excluding hydrogens is 230 g/mol. The van der Waals surface area contributed by atoms with Gasteiger partial charge in [0, 0.05) is 12.0 Å². The summed E-state index contributed by atoms with van der Waals surface area (Å²) in [5.74, 6) is 0. The fourth-order valence-electron chi connectivity index (χ4n) is 3.97. The Labute approximate surface area is 118 Å². The van der Waals surface area contributed by atoms with Crippen LogP contribution in [-0.4, -0.2) is 13.6 Å². The molecule has 0 aliphatic heterocycles. The van der Waals surface area contributed by atoms with Crippen LogP contribution in [0.1, 0.15) is 56.2 Å². The smallest absolute Gasteiger partial charge is 0.00883 e. The van der Waals surface area contributed by atoms with Crippen LogP contribution in [0.2, 0.25) is 0 Å². The summed E-state index contributed by atoms with van der Waals surface area (Å²) in [4.78, 5) is 0. The van der Waals surface area contributed by atoms with Gasteiger partial charge in [-0.1, -0.05) is 44.9 Å². The third-order valence-electron chi connectivity index (χ3n) is 5.56. The molecule has 1 aliphatic carbocycles. The monoisotopic (exact) mass is 259 g/mol. The molecule has 1 aromatic carbocycles. The number of rotatable bonds is 5. The molecule has 1 aliphatic rings. The molecule has 1 heteroatoms. The predicted octanol–water partition coefficient (Wildman–Crippen LogP) is 4.36. The number of likely N-dealkylation sites (N-methyl/N-ethyl adjacent to an activating group) is 1. The number of hydrogen-bond acceptors (Lipinski definition) is 1. The molecule has 0 radical (unpaired) electrons. The Hall–Kier alpha value is -0.820. The van der Waals surface area contributed by atoms with E-state index in [-0.39, 0.29) is 0 Å². The molecule has 0 saturated heterocycles. The van der Waals surface area contributed by atoms with Gasteiger partial charge in [-0.2, -0.15) is 0 Å². The zero-order valence-corrected chi connectivity index (χ0v) is 13.3. The van der Waals surface area contributed by atoms with Crippen LogP contribution in [0, 0.1) is 19.3 Å². The van der Waals surface area contributed by atoms with Crippen molar-refractivity contribution in [3.8, 4) is 0 Å². The van der Waals surface area contributed by atoms with Crippen LogP contribution in [0.3, 0.4) is 0 Å². The van der Waals surface area contributed by atoms with Gasteiger partial charge in [0.2, 0.25) is 0 Å². The van der Waals surface area contributed by atoms with E-state index in [0.717, 1.165) is 6.54 Å². The van der Waals surface area contributed by atoms with Gasteiger partial charge in [0.05, 0.1) is 0 Å². The van der Waals surface area contributed by atoms with Crippen molar-refractivity contribution in [2.24, 2.45) is 5.41 Å². The first-order chi connectivity index (χ1) is 9.01. The van der Waals surface area contributed by atoms with Crippen molar-refractivity contribution in [2.45, 2.75) is 58.8 Å². The second-order valence-electron chi connectivity index (χ2n) is 6.67. The van der Waals surface area contributed by atoms with Crippen LogP contribution in [0.15, 0.2) is 18.2 Å². The van der Waals surface area contributed by atoms with Crippen LogP contribution in [0.4, 0.5) is 0 Å². The van der Waals surface area contributed by atoms with E-state index < -0.39 is 0 Å². The molecule has 1 nitrogen and oxygen atoms in total. The highest BCUT2D eigenvalue weighted by Gasteiger charge is 2.52. The van der Waals surface area contributed by atoms with E-state index in [4.69, 9.17) is 0 Å². The number of nitrogens with one attached hydrogen (secondary N) is 1. The third-order valence-corrected chi connectivity index (χ3v) is 5.56. The van der Waals surface area contributed by atoms with E-state index in [1.165, 1.54) is 36.8 Å². The standard InChI is InChI=1S/C18H29N/c1-6-17(7-2)11-18(12-17,13-19-5)16-9-8-14(3)15(4)10-16/h8-10,19H,6-7,11-13H2,1-5H3. The molecule has 2 rings (SSSR count). The van der Waals surface area contributed by atoms with Gasteiger partial charge in [0.25, 0.3) is 0 Å². The molecule has 1 fully saturated rings. The molecular formula is C18H29N. The molecule has 1 aromatic rings. The summed E-state index contributed by atoms with van der Waals surface area (Å²) in [5, 5.41) is 3.43. The number of hydrogen-bond donors (Lipinski definition) is 1. The first-order valence-corrected chi connectivity index (χ1v) is 7.73. The van der Waals surface area contributed by atoms with Crippen molar-refractivity contribution in [1.29, 1.82) is 0 Å². The zero-order valence-electron chi connectivity index (χ0n) is 13.3. The van der Waals surface area contributed by atoms with Crippen molar-refractivity contribution in [2.75, 3.05) is 13.6 Å². The highest BCUT2D eigenvalue weighted by molar-refractivity contribution is 5.38. The minimum absolute atomic E-state index is 0.374. The Bertz CT molecular complexity index is 435. The summed E-state index contributed by atoms with van der Waals surface area (Å²) in [6.07, 6.45) is 5.33. The molecule has 106 valence electrons. The summed E-state index contributed by atoms with van der Waals surface area (Å²) < 4.78 is 0. The van der Waals surface area contributed by atoms with Crippen LogP contribution in [-0.2, 0) is 5.41 Å². The molecule has 0 amide bonds. The van der Waals surface area contributed by atoms with Crippen molar-refractivity contribution in [1.82, 2.24) is 5.32 Å². The van der Waals surface area contributed by atoms with Gasteiger partial charge in [0.1, 0.15) is 0 Å². The molecule has 0 aromatic heterocycles. The summed E-state index contributed by atoms with van der Waals surface area (Å²) in [6.45, 7) is 10.3. The van der Waals surface area contributed by atoms with Gasteiger partial charge in [-0.05, 0) is 55.8 Å². The van der Waals surface area contributed by atoms with Gasteiger partial charge in [-0.25, -0.2) is 0 Å². The van der Waals surface area contributed by atoms with E-state index in [1.54, 1.807) is 5.56 Å². The molecule has 19 heavy (non-hydrogen) atoms. The maximum Gasteiger partial charge on any atom is 0.00883 e. The lowest BCUT2D eigenvalue weighted by molar-refractivity contribution is 0.0140. The lowest BCUT2D eigenvalue weighted by atomic mass is 9.48. The number of benzene rings is 1. The maximum absolute atomic E-state index is 3.43. The summed E-state index contributed by atoms with van der Waals surface area (Å²) in [6, 6.07) is 7.07. The van der Waals surface area contributed by atoms with E-state index >= 15 is 0 Å². The van der Waals surface area contributed by atoms with Gasteiger partial charge in [0.15, 0.2) is 0 Å². The average molecular weight is 259 g/mol. The summed E-state index contributed by atoms with van der Waals surface area (Å²) in [7, 11) is 2.08. The van der Waals surface area contributed by atoms with Crippen molar-refractivity contribution < 1.29 is 0 Å². The molecule has 1 saturated carbocycles. The molecule has 0 heterocycles. The lowest BCUT2D eigenvalue weighted by Gasteiger charge is -2.57. The number of aryl methyl sites for hydroxylation is 2. The largest absolute Gasteiger partial charge is 0.319 e. The van der Waals surface area contributed by atoms with Gasteiger partial charge < -0.3 is 5.32 Å². The molecule has 1 N–H and O–H groups in total. The van der Waals surface area contributed by atoms with Crippen LogP contribution < -0.4 is 5.32 Å². The first kappa shape index (κ1) is 14.6. The summed E-state index contributed by atoms with van der Waals surface area (Å²) >= 11 is 0. The van der Waals surface area contributed by atoms with E-state index in [0.29, 0.717) is 10.8 Å². The fraction of sp³-hybridized carbons (Fsp3) is 0.667. The highest BCUT2D eigenvalue weighted by Crippen LogP contribution is 2.59. The van der Waals surface area contributed by atoms with Crippen molar-refractivity contribution in [3.63, 3.8) is 0 Å². The molecule has 0 unspecified atom stereocenters. The minimum Gasteiger partial charge on any atom is -0.319 e. The third kappa shape index (κ3) is 2.45. The van der Waals surface area contributed by atoms with Crippen LogP contribution >= 0.6 is 0 Å². The molecule has 0 atom stereocenters. The Morgan fingerprint density at radius 1 is 1.05 bits per heavy atom. The normalized spacial score (nSPS) is 20.1. The molecule has 0 spiro atoms. The van der Waals surface area contributed by atoms with Crippen molar-refractivity contribution in [3.05, 3.63) is 34.9 Å². The maximum atomic E-state index is 3.43. The van der Waals surface area contributed by atoms with Gasteiger partial charge >= 0.3 is 0 Å².